The Morgan fingerprint density at radius 1 is 0.359 bits per heavy atom. The van der Waals surface area contributed by atoms with E-state index in [1.54, 1.807) is 0 Å². The molecule has 0 aliphatic heterocycles. The lowest BCUT2D eigenvalue weighted by Crippen LogP contribution is -1.93. The van der Waals surface area contributed by atoms with Gasteiger partial charge in [0, 0.05) is 56.8 Å². The Bertz CT molecular complexity index is 2380. The molecular weight excluding hydrogens is 511 g/mol. The first-order chi connectivity index (χ1) is 19.3. The molecule has 0 atom stereocenters. The van der Waals surface area contributed by atoms with E-state index in [1.165, 1.54) is 79.0 Å². The van der Waals surface area contributed by atoms with Crippen LogP contribution in [0.25, 0.3) is 79.0 Å². The molecule has 0 aliphatic carbocycles. The molecular formula is C36H21NS2. The van der Waals surface area contributed by atoms with Crippen molar-refractivity contribution in [3.63, 3.8) is 0 Å². The molecule has 6 aromatic carbocycles. The number of benzene rings is 6. The quantitative estimate of drug-likeness (QED) is 0.209. The molecule has 0 amide bonds. The fraction of sp³-hybridized carbons (Fsp3) is 0. The zero-order chi connectivity index (χ0) is 25.5. The van der Waals surface area contributed by atoms with Crippen LogP contribution in [0.3, 0.4) is 0 Å². The fourth-order valence-corrected chi connectivity index (χ4v) is 8.38. The number of nitrogens with zero attached hydrogens (tertiary/aromatic N) is 1. The molecule has 1 nitrogen and oxygen atoms in total. The van der Waals surface area contributed by atoms with Gasteiger partial charge in [0.25, 0.3) is 0 Å². The van der Waals surface area contributed by atoms with Gasteiger partial charge in [-0.3, -0.25) is 0 Å². The van der Waals surface area contributed by atoms with Gasteiger partial charge in [-0.05, 0) is 65.7 Å². The zero-order valence-corrected chi connectivity index (χ0v) is 22.5. The van der Waals surface area contributed by atoms with E-state index in [0.717, 1.165) is 0 Å². The van der Waals surface area contributed by atoms with Crippen LogP contribution in [0.5, 0.6) is 0 Å². The lowest BCUT2D eigenvalue weighted by Gasteiger charge is -2.10. The zero-order valence-electron chi connectivity index (χ0n) is 20.9. The van der Waals surface area contributed by atoms with Crippen LogP contribution < -0.4 is 0 Å². The molecule has 182 valence electrons. The average Bonchev–Trinajstić information content (AvgIpc) is 3.65. The normalized spacial score (nSPS) is 12.1. The van der Waals surface area contributed by atoms with Crippen LogP contribution in [-0.4, -0.2) is 4.57 Å². The van der Waals surface area contributed by atoms with Gasteiger partial charge in [0.15, 0.2) is 0 Å². The van der Waals surface area contributed by atoms with E-state index < -0.39 is 0 Å². The highest BCUT2D eigenvalue weighted by atomic mass is 32.1. The van der Waals surface area contributed by atoms with Crippen molar-refractivity contribution >= 4 is 84.8 Å². The first-order valence-corrected chi connectivity index (χ1v) is 14.8. The van der Waals surface area contributed by atoms with E-state index in [1.807, 2.05) is 22.7 Å². The Labute approximate surface area is 232 Å². The summed E-state index contributed by atoms with van der Waals surface area (Å²) in [6.45, 7) is 0. The molecule has 39 heavy (non-hydrogen) atoms. The van der Waals surface area contributed by atoms with Crippen LogP contribution in [0.15, 0.2) is 127 Å². The summed E-state index contributed by atoms with van der Waals surface area (Å²) in [6, 6.07) is 47.0. The standard InChI is InChI=1S/C36H21NS2/c1-4-10-31-25(7-1)28-20-30-27-9-3-6-12-34(27)39-36(30)21-32(28)37(31)24-16-13-22(14-17-24)23-15-18-35-29(19-23)26-8-2-5-11-33(26)38-35/h1-21H. The Morgan fingerprint density at radius 2 is 0.949 bits per heavy atom. The number of hydrogen-bond donors (Lipinski definition) is 0. The van der Waals surface area contributed by atoms with Crippen LogP contribution in [-0.2, 0) is 0 Å². The summed E-state index contributed by atoms with van der Waals surface area (Å²) >= 11 is 3.75. The minimum Gasteiger partial charge on any atom is -0.309 e. The van der Waals surface area contributed by atoms with Gasteiger partial charge in [0.2, 0.25) is 0 Å². The van der Waals surface area contributed by atoms with E-state index in [4.69, 9.17) is 0 Å². The van der Waals surface area contributed by atoms with Crippen LogP contribution >= 0.6 is 22.7 Å². The second-order valence-electron chi connectivity index (χ2n) is 10.2. The summed E-state index contributed by atoms with van der Waals surface area (Å²) in [4.78, 5) is 0. The van der Waals surface area contributed by atoms with E-state index in [2.05, 4.69) is 132 Å². The van der Waals surface area contributed by atoms with Crippen molar-refractivity contribution in [1.29, 1.82) is 0 Å². The van der Waals surface area contributed by atoms with Gasteiger partial charge in [-0.1, -0.05) is 72.8 Å². The van der Waals surface area contributed by atoms with E-state index in [9.17, 15) is 0 Å². The van der Waals surface area contributed by atoms with Crippen LogP contribution in [0.2, 0.25) is 0 Å². The molecule has 0 unspecified atom stereocenters. The fourth-order valence-electron chi connectivity index (χ4n) is 6.17. The van der Waals surface area contributed by atoms with Gasteiger partial charge < -0.3 is 4.57 Å². The molecule has 9 aromatic rings. The highest BCUT2D eigenvalue weighted by Gasteiger charge is 2.15. The number of thiophene rings is 2. The van der Waals surface area contributed by atoms with Crippen LogP contribution in [0.1, 0.15) is 0 Å². The Balaban J connectivity index is 1.23. The highest BCUT2D eigenvalue weighted by molar-refractivity contribution is 7.26. The summed E-state index contributed by atoms with van der Waals surface area (Å²) in [5.74, 6) is 0. The molecule has 0 N–H and O–H groups in total. The molecule has 0 spiro atoms. The SMILES string of the molecule is c1ccc2c(c1)sc1ccc(-c3ccc(-n4c5ccccc5c5cc6c(cc54)sc4ccccc46)cc3)cc12. The number of rotatable bonds is 2. The maximum atomic E-state index is 2.42. The van der Waals surface area contributed by atoms with Crippen molar-refractivity contribution in [2.75, 3.05) is 0 Å². The lowest BCUT2D eigenvalue weighted by atomic mass is 10.0. The molecule has 0 radical (unpaired) electrons. The van der Waals surface area contributed by atoms with Crippen molar-refractivity contribution in [1.82, 2.24) is 4.57 Å². The van der Waals surface area contributed by atoms with Crippen molar-refractivity contribution in [3.05, 3.63) is 127 Å². The first kappa shape index (κ1) is 21.5. The van der Waals surface area contributed by atoms with Crippen molar-refractivity contribution in [2.45, 2.75) is 0 Å². The monoisotopic (exact) mass is 531 g/mol. The second-order valence-corrected chi connectivity index (χ2v) is 12.3. The van der Waals surface area contributed by atoms with Crippen molar-refractivity contribution in [2.24, 2.45) is 0 Å². The van der Waals surface area contributed by atoms with Gasteiger partial charge in [-0.15, -0.1) is 22.7 Å². The predicted molar refractivity (Wildman–Crippen MR) is 172 cm³/mol. The molecule has 9 rings (SSSR count). The molecule has 3 heteroatoms. The smallest absolute Gasteiger partial charge is 0.0555 e. The molecule has 0 saturated heterocycles. The van der Waals surface area contributed by atoms with Crippen molar-refractivity contribution < 1.29 is 0 Å². The van der Waals surface area contributed by atoms with Gasteiger partial charge in [0.05, 0.1) is 11.0 Å². The van der Waals surface area contributed by atoms with Crippen LogP contribution in [0.4, 0.5) is 0 Å². The first-order valence-electron chi connectivity index (χ1n) is 13.2. The van der Waals surface area contributed by atoms with Gasteiger partial charge in [-0.2, -0.15) is 0 Å². The number of hydrogen-bond acceptors (Lipinski definition) is 2. The summed E-state index contributed by atoms with van der Waals surface area (Å²) < 4.78 is 7.79. The molecule has 3 heterocycles. The van der Waals surface area contributed by atoms with E-state index >= 15 is 0 Å². The highest BCUT2D eigenvalue weighted by Crippen LogP contribution is 2.41. The molecule has 0 bridgehead atoms. The average molecular weight is 532 g/mol. The summed E-state index contributed by atoms with van der Waals surface area (Å²) in [5.41, 5.74) is 6.19. The minimum atomic E-state index is 1.19. The van der Waals surface area contributed by atoms with E-state index in [0.29, 0.717) is 0 Å². The third-order valence-corrected chi connectivity index (χ3v) is 10.3. The van der Waals surface area contributed by atoms with Gasteiger partial charge >= 0.3 is 0 Å². The number of para-hydroxylation sites is 1. The van der Waals surface area contributed by atoms with E-state index in [-0.39, 0.29) is 0 Å². The largest absolute Gasteiger partial charge is 0.309 e. The molecule has 0 fully saturated rings. The van der Waals surface area contributed by atoms with Crippen molar-refractivity contribution in [3.8, 4) is 16.8 Å². The maximum Gasteiger partial charge on any atom is 0.0555 e. The third-order valence-electron chi connectivity index (χ3n) is 8.01. The summed E-state index contributed by atoms with van der Waals surface area (Å²) in [5, 5.41) is 7.97. The maximum absolute atomic E-state index is 2.42. The Kier molecular flexibility index (Phi) is 4.43. The molecule has 0 saturated carbocycles. The topological polar surface area (TPSA) is 4.93 Å². The lowest BCUT2D eigenvalue weighted by molar-refractivity contribution is 1.18. The minimum absolute atomic E-state index is 1.19. The third kappa shape index (κ3) is 3.12. The number of aromatic nitrogens is 1. The van der Waals surface area contributed by atoms with Gasteiger partial charge in [0.1, 0.15) is 0 Å². The molecule has 3 aromatic heterocycles. The summed E-state index contributed by atoms with van der Waals surface area (Å²) in [6.07, 6.45) is 0. The van der Waals surface area contributed by atoms with Crippen LogP contribution in [0, 0.1) is 0 Å². The second kappa shape index (κ2) is 8.03. The predicted octanol–water partition coefficient (Wildman–Crippen LogP) is 11.2. The van der Waals surface area contributed by atoms with Gasteiger partial charge in [-0.25, -0.2) is 0 Å². The summed E-state index contributed by atoms with van der Waals surface area (Å²) in [7, 11) is 0. The Morgan fingerprint density at radius 3 is 1.72 bits per heavy atom. The number of fused-ring (bicyclic) bond motifs is 9. The molecule has 0 aliphatic rings. The Hall–Kier alpha value is -4.44.